The zero-order valence-corrected chi connectivity index (χ0v) is 9.26. The van der Waals surface area contributed by atoms with E-state index in [1.165, 1.54) is 17.4 Å². The molecule has 0 unspecified atom stereocenters. The average molecular weight is 273 g/mol. The van der Waals surface area contributed by atoms with Crippen molar-refractivity contribution in [2.24, 2.45) is 0 Å². The van der Waals surface area contributed by atoms with Gasteiger partial charge < -0.3 is 9.52 Å². The molecule has 2 aromatic heterocycles. The zero-order chi connectivity index (χ0) is 10.1. The van der Waals surface area contributed by atoms with Gasteiger partial charge in [0.2, 0.25) is 5.76 Å². The Morgan fingerprint density at radius 1 is 1.43 bits per heavy atom. The van der Waals surface area contributed by atoms with E-state index in [9.17, 15) is 4.79 Å². The van der Waals surface area contributed by atoms with Crippen molar-refractivity contribution in [3.05, 3.63) is 33.8 Å². The van der Waals surface area contributed by atoms with Crippen LogP contribution in [0.3, 0.4) is 0 Å². The minimum absolute atomic E-state index is 0.0414. The van der Waals surface area contributed by atoms with Crippen molar-refractivity contribution < 1.29 is 14.3 Å². The van der Waals surface area contributed by atoms with Gasteiger partial charge in [-0.05, 0) is 39.5 Å². The second kappa shape index (κ2) is 3.59. The van der Waals surface area contributed by atoms with Gasteiger partial charge >= 0.3 is 5.97 Å². The average Bonchev–Trinajstić information content (AvgIpc) is 2.71. The van der Waals surface area contributed by atoms with Crippen LogP contribution in [0.25, 0.3) is 10.6 Å². The molecule has 3 nitrogen and oxygen atoms in total. The first kappa shape index (κ1) is 9.48. The maximum absolute atomic E-state index is 10.6. The molecule has 0 amide bonds. The van der Waals surface area contributed by atoms with Gasteiger partial charge in [0.05, 0.1) is 4.88 Å². The molecule has 0 saturated heterocycles. The van der Waals surface area contributed by atoms with Crippen LogP contribution in [-0.4, -0.2) is 11.1 Å². The molecular weight excluding hydrogens is 268 g/mol. The molecule has 14 heavy (non-hydrogen) atoms. The molecule has 0 saturated carbocycles. The topological polar surface area (TPSA) is 50.4 Å². The Morgan fingerprint density at radius 2 is 2.21 bits per heavy atom. The molecule has 0 fully saturated rings. The van der Waals surface area contributed by atoms with E-state index in [4.69, 9.17) is 9.52 Å². The van der Waals surface area contributed by atoms with E-state index in [0.717, 1.165) is 9.35 Å². The molecule has 5 heteroatoms. The summed E-state index contributed by atoms with van der Waals surface area (Å²) in [6.45, 7) is 0. The lowest BCUT2D eigenvalue weighted by Gasteiger charge is -1.91. The van der Waals surface area contributed by atoms with Gasteiger partial charge in [0.15, 0.2) is 0 Å². The largest absolute Gasteiger partial charge is 0.475 e. The van der Waals surface area contributed by atoms with Crippen LogP contribution in [-0.2, 0) is 0 Å². The van der Waals surface area contributed by atoms with Crippen molar-refractivity contribution in [2.45, 2.75) is 0 Å². The second-order valence-corrected chi connectivity index (χ2v) is 4.34. The van der Waals surface area contributed by atoms with Crippen LogP contribution in [0.1, 0.15) is 10.6 Å². The van der Waals surface area contributed by atoms with Gasteiger partial charge in [0.25, 0.3) is 0 Å². The summed E-state index contributed by atoms with van der Waals surface area (Å²) < 4.78 is 6.06. The van der Waals surface area contributed by atoms with E-state index < -0.39 is 5.97 Å². The Hall–Kier alpha value is -1.07. The van der Waals surface area contributed by atoms with Crippen LogP contribution in [0.4, 0.5) is 0 Å². The fraction of sp³-hybridized carbons (Fsp3) is 0. The molecule has 1 N–H and O–H groups in total. The first-order valence-electron chi connectivity index (χ1n) is 3.75. The Morgan fingerprint density at radius 3 is 2.71 bits per heavy atom. The summed E-state index contributed by atoms with van der Waals surface area (Å²) >= 11 is 4.85. The van der Waals surface area contributed by atoms with Crippen molar-refractivity contribution in [3.8, 4) is 10.6 Å². The number of aromatic carboxylic acids is 1. The molecule has 0 aliphatic heterocycles. The third kappa shape index (κ3) is 1.60. The minimum atomic E-state index is -1.05. The van der Waals surface area contributed by atoms with E-state index in [1.54, 1.807) is 6.07 Å². The Balaban J connectivity index is 2.43. The fourth-order valence-corrected chi connectivity index (χ4v) is 2.57. The lowest BCUT2D eigenvalue weighted by molar-refractivity contribution is 0.0663. The summed E-state index contributed by atoms with van der Waals surface area (Å²) in [5.74, 6) is -0.520. The van der Waals surface area contributed by atoms with Crippen molar-refractivity contribution >= 4 is 33.2 Å². The number of carboxylic acid groups (broad SMARTS) is 1. The number of halogens is 1. The maximum atomic E-state index is 10.6. The number of thiophene rings is 1. The van der Waals surface area contributed by atoms with Gasteiger partial charge in [-0.15, -0.1) is 11.3 Å². The maximum Gasteiger partial charge on any atom is 0.371 e. The van der Waals surface area contributed by atoms with E-state index in [2.05, 4.69) is 15.9 Å². The molecule has 0 aliphatic carbocycles. The molecule has 0 aromatic carbocycles. The summed E-state index contributed by atoms with van der Waals surface area (Å²) in [4.78, 5) is 11.5. The molecule has 2 aromatic rings. The number of carbonyl (C=O) groups is 1. The molecule has 0 aliphatic rings. The SMILES string of the molecule is O=C(O)c1ccc(-c2sccc2Br)o1. The highest BCUT2D eigenvalue weighted by Gasteiger charge is 2.12. The van der Waals surface area contributed by atoms with Crippen molar-refractivity contribution in [2.75, 3.05) is 0 Å². The predicted molar refractivity (Wildman–Crippen MR) is 56.7 cm³/mol. The molecular formula is C9H5BrO3S. The quantitative estimate of drug-likeness (QED) is 0.911. The van der Waals surface area contributed by atoms with E-state index in [-0.39, 0.29) is 5.76 Å². The Labute approximate surface area is 92.1 Å². The summed E-state index contributed by atoms with van der Waals surface area (Å²) in [6, 6.07) is 4.99. The number of hydrogen-bond acceptors (Lipinski definition) is 3. The standard InChI is InChI=1S/C9H5BrO3S/c10-5-3-4-14-8(5)6-1-2-7(13-6)9(11)12/h1-4H,(H,11,12). The molecule has 2 heterocycles. The van der Waals surface area contributed by atoms with Crippen molar-refractivity contribution in [1.29, 1.82) is 0 Å². The minimum Gasteiger partial charge on any atom is -0.475 e. The first-order chi connectivity index (χ1) is 6.68. The number of hydrogen-bond donors (Lipinski definition) is 1. The first-order valence-corrected chi connectivity index (χ1v) is 5.42. The number of furan rings is 1. The van der Waals surface area contributed by atoms with E-state index in [1.807, 2.05) is 11.4 Å². The zero-order valence-electron chi connectivity index (χ0n) is 6.86. The van der Waals surface area contributed by atoms with Gasteiger partial charge in [-0.25, -0.2) is 4.79 Å². The normalized spacial score (nSPS) is 10.4. The summed E-state index contributed by atoms with van der Waals surface area (Å²) in [6.07, 6.45) is 0. The highest BCUT2D eigenvalue weighted by atomic mass is 79.9. The molecule has 72 valence electrons. The van der Waals surface area contributed by atoms with Crippen LogP contribution < -0.4 is 0 Å². The molecule has 0 atom stereocenters. The Bertz CT molecular complexity index is 472. The third-order valence-corrected chi connectivity index (χ3v) is 3.51. The number of rotatable bonds is 2. The monoisotopic (exact) mass is 272 g/mol. The molecule has 0 bridgehead atoms. The lowest BCUT2D eigenvalue weighted by atomic mass is 10.3. The van der Waals surface area contributed by atoms with Crippen LogP contribution in [0.5, 0.6) is 0 Å². The van der Waals surface area contributed by atoms with Gasteiger partial charge in [-0.3, -0.25) is 0 Å². The molecule has 0 spiro atoms. The van der Waals surface area contributed by atoms with Gasteiger partial charge in [0.1, 0.15) is 5.76 Å². The summed E-state index contributed by atoms with van der Waals surface area (Å²) in [5, 5.41) is 10.6. The lowest BCUT2D eigenvalue weighted by Crippen LogP contribution is -1.91. The summed E-state index contributed by atoms with van der Waals surface area (Å²) in [7, 11) is 0. The molecule has 0 radical (unpaired) electrons. The van der Waals surface area contributed by atoms with Gasteiger partial charge in [-0.1, -0.05) is 0 Å². The van der Waals surface area contributed by atoms with Crippen LogP contribution in [0.2, 0.25) is 0 Å². The summed E-state index contributed by atoms with van der Waals surface area (Å²) in [5.41, 5.74) is 0. The van der Waals surface area contributed by atoms with Gasteiger partial charge in [-0.2, -0.15) is 0 Å². The smallest absolute Gasteiger partial charge is 0.371 e. The van der Waals surface area contributed by atoms with Crippen LogP contribution in [0.15, 0.2) is 32.5 Å². The van der Waals surface area contributed by atoms with E-state index >= 15 is 0 Å². The number of carboxylic acids is 1. The Kier molecular flexibility index (Phi) is 2.43. The van der Waals surface area contributed by atoms with Gasteiger partial charge in [0, 0.05) is 4.47 Å². The van der Waals surface area contributed by atoms with Crippen LogP contribution >= 0.6 is 27.3 Å². The molecule has 2 rings (SSSR count). The van der Waals surface area contributed by atoms with Crippen molar-refractivity contribution in [1.82, 2.24) is 0 Å². The second-order valence-electron chi connectivity index (χ2n) is 2.57. The fourth-order valence-electron chi connectivity index (χ4n) is 1.04. The predicted octanol–water partition coefficient (Wildman–Crippen LogP) is 3.47. The highest BCUT2D eigenvalue weighted by Crippen LogP contribution is 2.34. The van der Waals surface area contributed by atoms with E-state index in [0.29, 0.717) is 5.76 Å². The van der Waals surface area contributed by atoms with Crippen molar-refractivity contribution in [3.63, 3.8) is 0 Å². The highest BCUT2D eigenvalue weighted by molar-refractivity contribution is 9.10. The van der Waals surface area contributed by atoms with Crippen LogP contribution in [0, 0.1) is 0 Å². The third-order valence-electron chi connectivity index (χ3n) is 1.66.